The minimum absolute atomic E-state index is 0.249. The first-order valence-corrected chi connectivity index (χ1v) is 11.3. The third-order valence-corrected chi connectivity index (χ3v) is 6.40. The number of carbonyl (C=O) groups is 1. The number of piperazine rings is 1. The zero-order valence-electron chi connectivity index (χ0n) is 17.7. The average Bonchev–Trinajstić information content (AvgIpc) is 3.50. The molecule has 8 nitrogen and oxygen atoms in total. The summed E-state index contributed by atoms with van der Waals surface area (Å²) in [7, 11) is 1.77. The first kappa shape index (κ1) is 20.2. The number of hydrogen-bond acceptors (Lipinski definition) is 7. The number of aryl methyl sites for hydroxylation is 1. The Bertz CT molecular complexity index is 1200. The highest BCUT2D eigenvalue weighted by Crippen LogP contribution is 2.24. The molecule has 1 amide bonds. The van der Waals surface area contributed by atoms with E-state index in [-0.39, 0.29) is 5.91 Å². The summed E-state index contributed by atoms with van der Waals surface area (Å²) in [5, 5.41) is 9.34. The molecule has 9 heteroatoms. The van der Waals surface area contributed by atoms with Gasteiger partial charge in [-0.15, -0.1) is 11.3 Å². The van der Waals surface area contributed by atoms with Crippen LogP contribution >= 0.6 is 11.3 Å². The number of benzene rings is 1. The fourth-order valence-electron chi connectivity index (χ4n) is 3.83. The largest absolute Gasteiger partial charge is 0.368 e. The van der Waals surface area contributed by atoms with E-state index in [2.05, 4.69) is 54.4 Å². The molecule has 0 bridgehead atoms. The van der Waals surface area contributed by atoms with Gasteiger partial charge >= 0.3 is 0 Å². The maximum Gasteiger partial charge on any atom is 0.275 e. The van der Waals surface area contributed by atoms with Crippen LogP contribution in [0.2, 0.25) is 0 Å². The highest BCUT2D eigenvalue weighted by Gasteiger charge is 2.20. The molecule has 5 rings (SSSR count). The summed E-state index contributed by atoms with van der Waals surface area (Å²) in [4.78, 5) is 27.1. The lowest BCUT2D eigenvalue weighted by Crippen LogP contribution is -2.46. The lowest BCUT2D eigenvalue weighted by Gasteiger charge is -2.36. The number of amides is 1. The van der Waals surface area contributed by atoms with Gasteiger partial charge in [0.15, 0.2) is 0 Å². The van der Waals surface area contributed by atoms with Gasteiger partial charge in [-0.25, -0.2) is 9.97 Å². The zero-order valence-corrected chi connectivity index (χ0v) is 18.5. The quantitative estimate of drug-likeness (QED) is 0.506. The van der Waals surface area contributed by atoms with Crippen LogP contribution in [-0.4, -0.2) is 51.8 Å². The number of para-hydroxylation sites is 1. The van der Waals surface area contributed by atoms with Gasteiger partial charge in [-0.05, 0) is 29.6 Å². The fraction of sp³-hybridized carbons (Fsp3) is 0.217. The summed E-state index contributed by atoms with van der Waals surface area (Å²) in [6.45, 7) is 3.53. The van der Waals surface area contributed by atoms with Crippen molar-refractivity contribution in [2.45, 2.75) is 0 Å². The van der Waals surface area contributed by atoms with Crippen molar-refractivity contribution in [1.82, 2.24) is 19.7 Å². The van der Waals surface area contributed by atoms with Gasteiger partial charge in [0.2, 0.25) is 0 Å². The Morgan fingerprint density at radius 1 is 0.969 bits per heavy atom. The molecule has 4 heterocycles. The molecule has 1 N–H and O–H groups in total. The lowest BCUT2D eigenvalue weighted by molar-refractivity contribution is 0.101. The van der Waals surface area contributed by atoms with E-state index >= 15 is 0 Å². The van der Waals surface area contributed by atoms with E-state index in [4.69, 9.17) is 0 Å². The van der Waals surface area contributed by atoms with Crippen molar-refractivity contribution < 1.29 is 4.79 Å². The second-order valence-corrected chi connectivity index (χ2v) is 8.49. The summed E-state index contributed by atoms with van der Waals surface area (Å²) >= 11 is 1.59. The van der Waals surface area contributed by atoms with Crippen molar-refractivity contribution in [2.75, 3.05) is 41.3 Å². The number of aromatic nitrogens is 4. The molecular weight excluding hydrogens is 422 g/mol. The van der Waals surface area contributed by atoms with E-state index in [1.54, 1.807) is 29.1 Å². The van der Waals surface area contributed by atoms with E-state index in [1.807, 2.05) is 29.6 Å². The molecule has 162 valence electrons. The molecule has 32 heavy (non-hydrogen) atoms. The Labute approximate surface area is 190 Å². The zero-order chi connectivity index (χ0) is 21.9. The van der Waals surface area contributed by atoms with Crippen LogP contribution in [0.4, 0.5) is 17.3 Å². The molecule has 0 aliphatic carbocycles. The van der Waals surface area contributed by atoms with Crippen molar-refractivity contribution >= 4 is 34.6 Å². The first-order valence-electron chi connectivity index (χ1n) is 10.4. The predicted octanol–water partition coefficient (Wildman–Crippen LogP) is 3.52. The van der Waals surface area contributed by atoms with Gasteiger partial charge in [-0.2, -0.15) is 5.10 Å². The lowest BCUT2D eigenvalue weighted by atomic mass is 10.2. The molecule has 0 spiro atoms. The Hall–Kier alpha value is -3.72. The molecule has 1 saturated heterocycles. The van der Waals surface area contributed by atoms with Gasteiger partial charge in [0, 0.05) is 45.0 Å². The van der Waals surface area contributed by atoms with Gasteiger partial charge < -0.3 is 15.1 Å². The van der Waals surface area contributed by atoms with E-state index < -0.39 is 0 Å². The average molecular weight is 446 g/mol. The molecule has 4 aromatic rings. The number of nitrogens with zero attached hydrogens (tertiary/aromatic N) is 6. The Morgan fingerprint density at radius 2 is 1.75 bits per heavy atom. The topological polar surface area (TPSA) is 79.2 Å². The van der Waals surface area contributed by atoms with Crippen molar-refractivity contribution in [2.24, 2.45) is 7.05 Å². The molecular formula is C23H23N7OS. The van der Waals surface area contributed by atoms with Gasteiger partial charge in [0.25, 0.3) is 5.91 Å². The van der Waals surface area contributed by atoms with Gasteiger partial charge in [0.1, 0.15) is 29.4 Å². The molecule has 1 aliphatic heterocycles. The first-order chi connectivity index (χ1) is 15.7. The highest BCUT2D eigenvalue weighted by molar-refractivity contribution is 7.13. The van der Waals surface area contributed by atoms with Crippen LogP contribution in [0.25, 0.3) is 10.6 Å². The van der Waals surface area contributed by atoms with Crippen molar-refractivity contribution in [3.05, 3.63) is 72.0 Å². The van der Waals surface area contributed by atoms with Crippen LogP contribution in [0.5, 0.6) is 0 Å². The van der Waals surface area contributed by atoms with Crippen LogP contribution in [0.1, 0.15) is 10.5 Å². The maximum atomic E-state index is 12.9. The van der Waals surface area contributed by atoms with E-state index in [0.717, 1.165) is 42.6 Å². The number of carbonyl (C=O) groups excluding carboxylic acids is 1. The molecule has 1 aliphatic rings. The van der Waals surface area contributed by atoms with Crippen LogP contribution < -0.4 is 15.1 Å². The normalized spacial score (nSPS) is 13.9. The molecule has 1 aromatic carbocycles. The predicted molar refractivity (Wildman–Crippen MR) is 127 cm³/mol. The van der Waals surface area contributed by atoms with Crippen molar-refractivity contribution in [3.8, 4) is 10.6 Å². The number of rotatable bonds is 5. The second kappa shape index (κ2) is 8.80. The number of hydrogen-bond donors (Lipinski definition) is 1. The summed E-state index contributed by atoms with van der Waals surface area (Å²) in [6.07, 6.45) is 1.49. The second-order valence-electron chi connectivity index (χ2n) is 7.54. The molecule has 0 radical (unpaired) electrons. The van der Waals surface area contributed by atoms with Crippen LogP contribution in [0.15, 0.2) is 66.3 Å². The van der Waals surface area contributed by atoms with E-state index in [1.165, 1.54) is 12.0 Å². The van der Waals surface area contributed by atoms with Gasteiger partial charge in [-0.1, -0.05) is 24.3 Å². The fourth-order valence-corrected chi connectivity index (χ4v) is 4.51. The summed E-state index contributed by atoms with van der Waals surface area (Å²) < 4.78 is 1.59. The molecule has 1 fully saturated rings. The molecule has 3 aromatic heterocycles. The number of anilines is 3. The molecule has 0 atom stereocenters. The van der Waals surface area contributed by atoms with Crippen molar-refractivity contribution in [3.63, 3.8) is 0 Å². The minimum atomic E-state index is -0.249. The monoisotopic (exact) mass is 445 g/mol. The molecule has 0 unspecified atom stereocenters. The Balaban J connectivity index is 1.25. The Kier molecular flexibility index (Phi) is 5.55. The van der Waals surface area contributed by atoms with Crippen LogP contribution in [0.3, 0.4) is 0 Å². The number of thiophene rings is 1. The van der Waals surface area contributed by atoms with E-state index in [0.29, 0.717) is 11.5 Å². The van der Waals surface area contributed by atoms with Crippen LogP contribution in [0, 0.1) is 0 Å². The minimum Gasteiger partial charge on any atom is -0.368 e. The van der Waals surface area contributed by atoms with Crippen LogP contribution in [-0.2, 0) is 7.05 Å². The Morgan fingerprint density at radius 3 is 2.50 bits per heavy atom. The summed E-state index contributed by atoms with van der Waals surface area (Å²) in [5.41, 5.74) is 2.50. The third kappa shape index (κ3) is 4.19. The standard InChI is InChI=1S/C23H23N7OS/c1-28-19(14-18(27-28)20-8-5-13-32-20)23(31)26-21-15-22(25-16-24-21)30-11-9-29(10-12-30)17-6-3-2-4-7-17/h2-8,13-16H,9-12H2,1H3,(H,24,25,26,31). The maximum absolute atomic E-state index is 12.9. The van der Waals surface area contributed by atoms with E-state index in [9.17, 15) is 4.79 Å². The van der Waals surface area contributed by atoms with Gasteiger partial charge in [-0.3, -0.25) is 9.48 Å². The van der Waals surface area contributed by atoms with Gasteiger partial charge in [0.05, 0.1) is 4.88 Å². The van der Waals surface area contributed by atoms with Crippen molar-refractivity contribution in [1.29, 1.82) is 0 Å². The molecule has 0 saturated carbocycles. The smallest absolute Gasteiger partial charge is 0.275 e. The SMILES string of the molecule is Cn1nc(-c2cccs2)cc1C(=O)Nc1cc(N2CCN(c3ccccc3)CC2)ncn1. The number of nitrogens with one attached hydrogen (secondary N) is 1. The summed E-state index contributed by atoms with van der Waals surface area (Å²) in [6, 6.07) is 18.0. The third-order valence-electron chi connectivity index (χ3n) is 5.51. The highest BCUT2D eigenvalue weighted by atomic mass is 32.1. The summed E-state index contributed by atoms with van der Waals surface area (Å²) in [5.74, 6) is 1.04.